The summed E-state index contributed by atoms with van der Waals surface area (Å²) in [5, 5.41) is 2.98. The highest BCUT2D eigenvalue weighted by Crippen LogP contribution is 2.34. The average molecular weight is 288 g/mol. The molecule has 1 aromatic heterocycles. The molecule has 3 rings (SSSR count). The highest BCUT2D eigenvalue weighted by Gasteiger charge is 2.28. The van der Waals surface area contributed by atoms with Gasteiger partial charge in [0.25, 0.3) is 5.91 Å². The van der Waals surface area contributed by atoms with Crippen molar-refractivity contribution in [3.63, 3.8) is 0 Å². The normalized spacial score (nSPS) is 21.4. The predicted octanol–water partition coefficient (Wildman–Crippen LogP) is 3.19. The van der Waals surface area contributed by atoms with Crippen LogP contribution in [0.2, 0.25) is 0 Å². The van der Waals surface area contributed by atoms with Gasteiger partial charge in [-0.25, -0.2) is 9.37 Å². The van der Waals surface area contributed by atoms with Crippen molar-refractivity contribution >= 4 is 5.91 Å². The molecule has 1 fully saturated rings. The molecule has 0 unspecified atom stereocenters. The molecule has 5 heteroatoms. The lowest BCUT2D eigenvalue weighted by Gasteiger charge is -2.13. The molecule has 1 N–H and O–H groups in total. The third kappa shape index (κ3) is 2.96. The van der Waals surface area contributed by atoms with Crippen LogP contribution in [0.5, 0.6) is 0 Å². The van der Waals surface area contributed by atoms with E-state index in [-0.39, 0.29) is 17.8 Å². The lowest BCUT2D eigenvalue weighted by atomic mass is 9.97. The molecule has 0 aliphatic heterocycles. The van der Waals surface area contributed by atoms with Crippen LogP contribution in [0.4, 0.5) is 4.39 Å². The summed E-state index contributed by atoms with van der Waals surface area (Å²) in [6, 6.07) is 6.80. The van der Waals surface area contributed by atoms with Gasteiger partial charge >= 0.3 is 0 Å². The molecule has 0 bridgehead atoms. The van der Waals surface area contributed by atoms with Crippen LogP contribution in [0.3, 0.4) is 0 Å². The van der Waals surface area contributed by atoms with E-state index in [1.165, 1.54) is 12.5 Å². The number of hydrogen-bond donors (Lipinski definition) is 1. The summed E-state index contributed by atoms with van der Waals surface area (Å²) in [4.78, 5) is 16.0. The molecule has 1 aliphatic carbocycles. The number of oxazole rings is 1. The second-order valence-corrected chi connectivity index (χ2v) is 5.49. The summed E-state index contributed by atoms with van der Waals surface area (Å²) >= 11 is 0. The van der Waals surface area contributed by atoms with Crippen molar-refractivity contribution < 1.29 is 13.6 Å². The van der Waals surface area contributed by atoms with Crippen LogP contribution in [0.15, 0.2) is 35.1 Å². The first-order valence-electron chi connectivity index (χ1n) is 7.10. The van der Waals surface area contributed by atoms with E-state index >= 15 is 0 Å². The van der Waals surface area contributed by atoms with E-state index in [1.807, 2.05) is 6.07 Å². The van der Waals surface area contributed by atoms with E-state index in [9.17, 15) is 9.18 Å². The molecule has 110 valence electrons. The van der Waals surface area contributed by atoms with Gasteiger partial charge in [0.1, 0.15) is 11.6 Å². The van der Waals surface area contributed by atoms with Gasteiger partial charge in [0.05, 0.1) is 0 Å². The minimum atomic E-state index is -0.210. The van der Waals surface area contributed by atoms with E-state index in [2.05, 4.69) is 10.3 Å². The number of aromatic nitrogens is 1. The van der Waals surface area contributed by atoms with Crippen LogP contribution < -0.4 is 5.32 Å². The van der Waals surface area contributed by atoms with Crippen molar-refractivity contribution in [1.82, 2.24) is 10.3 Å². The molecule has 0 radical (unpaired) electrons. The minimum Gasteiger partial charge on any atom is -0.448 e. The molecule has 2 atom stereocenters. The molecular formula is C16H17FN2O2. The number of hydrogen-bond acceptors (Lipinski definition) is 3. The second kappa shape index (κ2) is 5.68. The Morgan fingerprint density at radius 3 is 3.00 bits per heavy atom. The van der Waals surface area contributed by atoms with Crippen molar-refractivity contribution in [2.45, 2.75) is 38.1 Å². The maximum absolute atomic E-state index is 13.3. The van der Waals surface area contributed by atoms with E-state index in [4.69, 9.17) is 4.42 Å². The van der Waals surface area contributed by atoms with Gasteiger partial charge in [-0.3, -0.25) is 4.79 Å². The van der Waals surface area contributed by atoms with Gasteiger partial charge in [0, 0.05) is 6.04 Å². The fraction of sp³-hybridized carbons (Fsp3) is 0.375. The Morgan fingerprint density at radius 1 is 1.43 bits per heavy atom. The van der Waals surface area contributed by atoms with E-state index in [1.54, 1.807) is 19.1 Å². The maximum atomic E-state index is 13.3. The SMILES string of the molecule is Cc1ocnc1C(=O)N[C@@H]1CC[C@@H](c2cccc(F)c2)C1. The van der Waals surface area contributed by atoms with Crippen molar-refractivity contribution in [2.75, 3.05) is 0 Å². The summed E-state index contributed by atoms with van der Waals surface area (Å²) in [5.74, 6) is 0.404. The number of halogens is 1. The van der Waals surface area contributed by atoms with Crippen molar-refractivity contribution in [3.8, 4) is 0 Å². The summed E-state index contributed by atoms with van der Waals surface area (Å²) in [5.41, 5.74) is 1.34. The fourth-order valence-electron chi connectivity index (χ4n) is 2.95. The molecule has 0 spiro atoms. The number of aryl methyl sites for hydroxylation is 1. The Labute approximate surface area is 122 Å². The number of carbonyl (C=O) groups is 1. The smallest absolute Gasteiger partial charge is 0.273 e. The van der Waals surface area contributed by atoms with E-state index < -0.39 is 0 Å². The van der Waals surface area contributed by atoms with Crippen LogP contribution >= 0.6 is 0 Å². The molecule has 2 aromatic rings. The Bertz CT molecular complexity index is 653. The lowest BCUT2D eigenvalue weighted by molar-refractivity contribution is 0.0931. The summed E-state index contributed by atoms with van der Waals surface area (Å²) < 4.78 is 18.3. The van der Waals surface area contributed by atoms with Crippen LogP contribution in [-0.4, -0.2) is 16.9 Å². The fourth-order valence-corrected chi connectivity index (χ4v) is 2.95. The third-order valence-electron chi connectivity index (χ3n) is 4.05. The lowest BCUT2D eigenvalue weighted by Crippen LogP contribution is -2.33. The number of amides is 1. The van der Waals surface area contributed by atoms with Crippen LogP contribution in [-0.2, 0) is 0 Å². The van der Waals surface area contributed by atoms with E-state index in [0.717, 1.165) is 24.8 Å². The highest BCUT2D eigenvalue weighted by molar-refractivity contribution is 5.93. The number of benzene rings is 1. The van der Waals surface area contributed by atoms with Gasteiger partial charge in [-0.2, -0.15) is 0 Å². The maximum Gasteiger partial charge on any atom is 0.273 e. The molecule has 1 aromatic carbocycles. The van der Waals surface area contributed by atoms with Gasteiger partial charge < -0.3 is 9.73 Å². The number of nitrogens with zero attached hydrogens (tertiary/aromatic N) is 1. The van der Waals surface area contributed by atoms with E-state index in [0.29, 0.717) is 17.4 Å². The van der Waals surface area contributed by atoms with Crippen LogP contribution in [0.1, 0.15) is 47.0 Å². The van der Waals surface area contributed by atoms with Crippen molar-refractivity contribution in [3.05, 3.63) is 53.5 Å². The molecular weight excluding hydrogens is 271 g/mol. The first kappa shape index (κ1) is 13.8. The number of rotatable bonds is 3. The Morgan fingerprint density at radius 2 is 2.29 bits per heavy atom. The zero-order valence-corrected chi connectivity index (χ0v) is 11.8. The first-order valence-corrected chi connectivity index (χ1v) is 7.10. The predicted molar refractivity (Wildman–Crippen MR) is 75.5 cm³/mol. The summed E-state index contributed by atoms with van der Waals surface area (Å²) in [6.45, 7) is 1.71. The largest absolute Gasteiger partial charge is 0.448 e. The minimum absolute atomic E-state index is 0.0990. The molecule has 1 saturated carbocycles. The van der Waals surface area contributed by atoms with Crippen LogP contribution in [0.25, 0.3) is 0 Å². The third-order valence-corrected chi connectivity index (χ3v) is 4.05. The van der Waals surface area contributed by atoms with Gasteiger partial charge in [-0.05, 0) is 49.8 Å². The molecule has 0 saturated heterocycles. The van der Waals surface area contributed by atoms with Crippen LogP contribution in [0, 0.1) is 12.7 Å². The standard InChI is InChI=1S/C16H17FN2O2/c1-10-15(18-9-21-10)16(20)19-14-6-5-12(8-14)11-3-2-4-13(17)7-11/h2-4,7,9,12,14H,5-6,8H2,1H3,(H,19,20)/t12-,14-/m1/s1. The monoisotopic (exact) mass is 288 g/mol. The zero-order chi connectivity index (χ0) is 14.8. The second-order valence-electron chi connectivity index (χ2n) is 5.49. The van der Waals surface area contributed by atoms with Crippen molar-refractivity contribution in [2.24, 2.45) is 0 Å². The molecule has 1 amide bonds. The number of carbonyl (C=O) groups excluding carboxylic acids is 1. The first-order chi connectivity index (χ1) is 10.1. The van der Waals surface area contributed by atoms with Gasteiger partial charge in [0.15, 0.2) is 12.1 Å². The topological polar surface area (TPSA) is 55.1 Å². The average Bonchev–Trinajstić information content (AvgIpc) is 3.08. The molecule has 1 heterocycles. The Balaban J connectivity index is 1.63. The Hall–Kier alpha value is -2.17. The summed E-state index contributed by atoms with van der Waals surface area (Å²) in [6.07, 6.45) is 3.94. The molecule has 4 nitrogen and oxygen atoms in total. The molecule has 21 heavy (non-hydrogen) atoms. The zero-order valence-electron chi connectivity index (χ0n) is 11.8. The quantitative estimate of drug-likeness (QED) is 0.943. The number of nitrogens with one attached hydrogen (secondary N) is 1. The Kier molecular flexibility index (Phi) is 3.73. The van der Waals surface area contributed by atoms with Gasteiger partial charge in [0.2, 0.25) is 0 Å². The van der Waals surface area contributed by atoms with Gasteiger partial charge in [-0.15, -0.1) is 0 Å². The molecule has 1 aliphatic rings. The van der Waals surface area contributed by atoms with Crippen molar-refractivity contribution in [1.29, 1.82) is 0 Å². The van der Waals surface area contributed by atoms with Gasteiger partial charge in [-0.1, -0.05) is 12.1 Å². The highest BCUT2D eigenvalue weighted by atomic mass is 19.1. The summed E-state index contributed by atoms with van der Waals surface area (Å²) in [7, 11) is 0.